The van der Waals surface area contributed by atoms with Crippen molar-refractivity contribution in [2.24, 2.45) is 0 Å². The molecule has 1 unspecified atom stereocenters. The van der Waals surface area contributed by atoms with E-state index in [0.717, 1.165) is 12.0 Å². The third-order valence-corrected chi connectivity index (χ3v) is 5.93. The van der Waals surface area contributed by atoms with Crippen LogP contribution in [0.3, 0.4) is 0 Å². The number of aryl methyl sites for hydroxylation is 1. The molecule has 6 heteroatoms. The van der Waals surface area contributed by atoms with E-state index >= 15 is 0 Å². The second-order valence-corrected chi connectivity index (χ2v) is 7.64. The summed E-state index contributed by atoms with van der Waals surface area (Å²) in [5.74, 6) is 0. The number of benzene rings is 1. The van der Waals surface area contributed by atoms with Crippen molar-refractivity contribution in [3.8, 4) is 0 Å². The minimum atomic E-state index is -3.53. The number of nitrogen functional groups attached to an aromatic ring is 1. The van der Waals surface area contributed by atoms with E-state index in [-0.39, 0.29) is 4.90 Å². The topological polar surface area (TPSA) is 72.2 Å². The van der Waals surface area contributed by atoms with Crippen molar-refractivity contribution >= 4 is 27.5 Å². The Morgan fingerprint density at radius 1 is 1.37 bits per heavy atom. The quantitative estimate of drug-likeness (QED) is 0.791. The molecule has 1 aromatic carbocycles. The lowest BCUT2D eigenvalue weighted by Crippen LogP contribution is -2.27. The molecule has 0 aliphatic carbocycles. The molecule has 0 bridgehead atoms. The average Bonchev–Trinajstić information content (AvgIpc) is 2.33. The van der Waals surface area contributed by atoms with Gasteiger partial charge in [-0.1, -0.05) is 13.0 Å². The summed E-state index contributed by atoms with van der Waals surface area (Å²) in [5, 5.41) is 0.429. The van der Waals surface area contributed by atoms with E-state index < -0.39 is 10.0 Å². The van der Waals surface area contributed by atoms with Crippen LogP contribution >= 0.6 is 11.8 Å². The molecule has 19 heavy (non-hydrogen) atoms. The normalized spacial score (nSPS) is 13.5. The maximum absolute atomic E-state index is 12.3. The second-order valence-electron chi connectivity index (χ2n) is 4.66. The number of thioether (sulfide) groups is 1. The van der Waals surface area contributed by atoms with Crippen LogP contribution in [-0.2, 0) is 10.0 Å². The summed E-state index contributed by atoms with van der Waals surface area (Å²) in [7, 11) is -3.53. The van der Waals surface area contributed by atoms with Gasteiger partial charge in [-0.25, -0.2) is 13.1 Å². The molecule has 0 aliphatic heterocycles. The largest absolute Gasteiger partial charge is 0.398 e. The SMILES string of the molecule is CSC(C)CCNS(=O)(=O)c1c(N)ccc(C)c1C. The Bertz CT molecular complexity index is 542. The minimum absolute atomic E-state index is 0.212. The highest BCUT2D eigenvalue weighted by Crippen LogP contribution is 2.25. The van der Waals surface area contributed by atoms with Crippen LogP contribution in [0.2, 0.25) is 0 Å². The fourth-order valence-corrected chi connectivity index (χ4v) is 3.58. The van der Waals surface area contributed by atoms with E-state index in [1.165, 1.54) is 0 Å². The van der Waals surface area contributed by atoms with Gasteiger partial charge in [0.25, 0.3) is 0 Å². The number of rotatable bonds is 6. The van der Waals surface area contributed by atoms with E-state index in [9.17, 15) is 8.42 Å². The monoisotopic (exact) mass is 302 g/mol. The van der Waals surface area contributed by atoms with Crippen molar-refractivity contribution in [3.05, 3.63) is 23.3 Å². The number of anilines is 1. The molecular formula is C13H22N2O2S2. The van der Waals surface area contributed by atoms with Crippen molar-refractivity contribution in [1.29, 1.82) is 0 Å². The zero-order valence-electron chi connectivity index (χ0n) is 11.9. The number of nitrogens with one attached hydrogen (secondary N) is 1. The Balaban J connectivity index is 2.92. The van der Waals surface area contributed by atoms with Gasteiger partial charge >= 0.3 is 0 Å². The van der Waals surface area contributed by atoms with Crippen LogP contribution < -0.4 is 10.5 Å². The predicted molar refractivity (Wildman–Crippen MR) is 83.1 cm³/mol. The standard InChI is InChI=1S/C13H22N2O2S2/c1-9-5-6-12(14)13(11(9)3)19(16,17)15-8-7-10(2)18-4/h5-6,10,15H,7-8,14H2,1-4H3. The molecule has 0 fully saturated rings. The summed E-state index contributed by atoms with van der Waals surface area (Å²) < 4.78 is 27.2. The number of sulfonamides is 1. The molecular weight excluding hydrogens is 280 g/mol. The van der Waals surface area contributed by atoms with E-state index in [1.54, 1.807) is 24.8 Å². The van der Waals surface area contributed by atoms with Crippen LogP contribution in [0.15, 0.2) is 17.0 Å². The van der Waals surface area contributed by atoms with E-state index in [0.29, 0.717) is 23.0 Å². The first-order valence-electron chi connectivity index (χ1n) is 6.17. The summed E-state index contributed by atoms with van der Waals surface area (Å²) in [6.45, 7) is 6.16. The number of nitrogens with two attached hydrogens (primary N) is 1. The highest BCUT2D eigenvalue weighted by atomic mass is 32.2. The summed E-state index contributed by atoms with van der Waals surface area (Å²) in [6, 6.07) is 3.47. The summed E-state index contributed by atoms with van der Waals surface area (Å²) in [5.41, 5.74) is 7.75. The van der Waals surface area contributed by atoms with Gasteiger partial charge in [-0.15, -0.1) is 0 Å². The molecule has 0 aromatic heterocycles. The van der Waals surface area contributed by atoms with Gasteiger partial charge in [-0.05, 0) is 43.7 Å². The average molecular weight is 302 g/mol. The Kier molecular flexibility index (Phi) is 5.70. The molecule has 0 amide bonds. The Hall–Kier alpha value is -0.720. The summed E-state index contributed by atoms with van der Waals surface area (Å²) in [6.07, 6.45) is 2.81. The second kappa shape index (κ2) is 6.63. The first-order valence-corrected chi connectivity index (χ1v) is 8.95. The molecule has 4 nitrogen and oxygen atoms in total. The highest BCUT2D eigenvalue weighted by Gasteiger charge is 2.20. The Morgan fingerprint density at radius 3 is 2.58 bits per heavy atom. The molecule has 0 spiro atoms. The van der Waals surface area contributed by atoms with Crippen LogP contribution in [0.4, 0.5) is 5.69 Å². The van der Waals surface area contributed by atoms with Gasteiger partial charge < -0.3 is 5.73 Å². The van der Waals surface area contributed by atoms with Crippen LogP contribution in [0.5, 0.6) is 0 Å². The molecule has 0 saturated carbocycles. The summed E-state index contributed by atoms with van der Waals surface area (Å²) in [4.78, 5) is 0.212. The van der Waals surface area contributed by atoms with E-state index in [4.69, 9.17) is 5.73 Å². The van der Waals surface area contributed by atoms with Gasteiger partial charge in [-0.2, -0.15) is 11.8 Å². The van der Waals surface area contributed by atoms with Crippen molar-refractivity contribution in [3.63, 3.8) is 0 Å². The van der Waals surface area contributed by atoms with Gasteiger partial charge in [0.15, 0.2) is 0 Å². The van der Waals surface area contributed by atoms with Gasteiger partial charge in [0.05, 0.1) is 5.69 Å². The van der Waals surface area contributed by atoms with Crippen molar-refractivity contribution < 1.29 is 8.42 Å². The fourth-order valence-electron chi connectivity index (χ4n) is 1.75. The van der Waals surface area contributed by atoms with Gasteiger partial charge in [0, 0.05) is 11.8 Å². The van der Waals surface area contributed by atoms with E-state index in [1.807, 2.05) is 19.2 Å². The van der Waals surface area contributed by atoms with Gasteiger partial charge in [0.2, 0.25) is 10.0 Å². The zero-order valence-corrected chi connectivity index (χ0v) is 13.5. The van der Waals surface area contributed by atoms with Crippen LogP contribution in [-0.4, -0.2) is 26.5 Å². The lowest BCUT2D eigenvalue weighted by atomic mass is 10.1. The van der Waals surface area contributed by atoms with Gasteiger partial charge in [-0.3, -0.25) is 0 Å². The molecule has 0 aliphatic rings. The molecule has 0 radical (unpaired) electrons. The molecule has 1 aromatic rings. The highest BCUT2D eigenvalue weighted by molar-refractivity contribution is 7.99. The number of hydrogen-bond acceptors (Lipinski definition) is 4. The first kappa shape index (κ1) is 16.3. The fraction of sp³-hybridized carbons (Fsp3) is 0.538. The van der Waals surface area contributed by atoms with Crippen LogP contribution in [0.25, 0.3) is 0 Å². The van der Waals surface area contributed by atoms with E-state index in [2.05, 4.69) is 11.6 Å². The lowest BCUT2D eigenvalue weighted by molar-refractivity contribution is 0.578. The van der Waals surface area contributed by atoms with Gasteiger partial charge in [0.1, 0.15) is 4.90 Å². The lowest BCUT2D eigenvalue weighted by Gasteiger charge is -2.14. The minimum Gasteiger partial charge on any atom is -0.398 e. The van der Waals surface area contributed by atoms with Crippen molar-refractivity contribution in [2.45, 2.75) is 37.3 Å². The third-order valence-electron chi connectivity index (χ3n) is 3.22. The van der Waals surface area contributed by atoms with Crippen molar-refractivity contribution in [1.82, 2.24) is 4.72 Å². The zero-order chi connectivity index (χ0) is 14.6. The molecule has 3 N–H and O–H groups in total. The first-order chi connectivity index (χ1) is 8.79. The van der Waals surface area contributed by atoms with Crippen LogP contribution in [0.1, 0.15) is 24.5 Å². The Labute approximate surface area is 120 Å². The maximum atomic E-state index is 12.3. The predicted octanol–water partition coefficient (Wildman–Crippen LogP) is 2.31. The third kappa shape index (κ3) is 4.12. The molecule has 1 atom stereocenters. The Morgan fingerprint density at radius 2 is 2.00 bits per heavy atom. The van der Waals surface area contributed by atoms with Crippen LogP contribution in [0, 0.1) is 13.8 Å². The molecule has 108 valence electrons. The van der Waals surface area contributed by atoms with Crippen molar-refractivity contribution in [2.75, 3.05) is 18.5 Å². The molecule has 0 heterocycles. The molecule has 0 saturated heterocycles. The number of hydrogen-bond donors (Lipinski definition) is 2. The molecule has 1 rings (SSSR count). The maximum Gasteiger partial charge on any atom is 0.242 e. The smallest absolute Gasteiger partial charge is 0.242 e. The summed E-state index contributed by atoms with van der Waals surface area (Å²) >= 11 is 1.72.